The topological polar surface area (TPSA) is 95.7 Å². The molecule has 0 atom stereocenters. The number of carboxylic acids is 1. The lowest BCUT2D eigenvalue weighted by atomic mass is 10.3. The molecular formula is C9H13N3O4. The number of nitrogens with zero attached hydrogens (tertiary/aromatic N) is 2. The van der Waals surface area contributed by atoms with Crippen LogP contribution in [0.3, 0.4) is 0 Å². The van der Waals surface area contributed by atoms with E-state index in [1.165, 1.54) is 0 Å². The molecule has 0 aliphatic rings. The van der Waals surface area contributed by atoms with Gasteiger partial charge in [0.15, 0.2) is 5.69 Å². The predicted molar refractivity (Wildman–Crippen MR) is 54.3 cm³/mol. The Labute approximate surface area is 92.0 Å². The van der Waals surface area contributed by atoms with Gasteiger partial charge in [-0.15, -0.1) is 0 Å². The van der Waals surface area contributed by atoms with Gasteiger partial charge in [-0.3, -0.25) is 4.79 Å². The zero-order valence-corrected chi connectivity index (χ0v) is 9.06. The predicted octanol–water partition coefficient (Wildman–Crippen LogP) is -0.336. The summed E-state index contributed by atoms with van der Waals surface area (Å²) >= 11 is 0. The Morgan fingerprint density at radius 2 is 2.25 bits per heavy atom. The molecule has 0 bridgehead atoms. The summed E-state index contributed by atoms with van der Waals surface area (Å²) in [6.45, 7) is 1.15. The van der Waals surface area contributed by atoms with Crippen LogP contribution in [0.5, 0.6) is 0 Å². The third-order valence-corrected chi connectivity index (χ3v) is 1.80. The maximum Gasteiger partial charge on any atom is 0.374 e. The number of rotatable bonds is 5. The number of aromatic carboxylic acids is 1. The van der Waals surface area contributed by atoms with Crippen molar-refractivity contribution in [1.82, 2.24) is 15.4 Å². The van der Waals surface area contributed by atoms with Crippen LogP contribution in [0.25, 0.3) is 0 Å². The van der Waals surface area contributed by atoms with Gasteiger partial charge in [0.05, 0.1) is 0 Å². The van der Waals surface area contributed by atoms with Gasteiger partial charge in [-0.1, -0.05) is 5.16 Å². The van der Waals surface area contributed by atoms with Crippen LogP contribution in [-0.2, 0) is 0 Å². The highest BCUT2D eigenvalue weighted by atomic mass is 16.5. The number of nitrogens with one attached hydrogen (secondary N) is 1. The number of aromatic nitrogens is 1. The summed E-state index contributed by atoms with van der Waals surface area (Å²) in [5.41, 5.74) is -0.0313. The lowest BCUT2D eigenvalue weighted by Crippen LogP contribution is -2.31. The molecule has 0 fully saturated rings. The molecule has 1 aromatic heterocycles. The van der Waals surface area contributed by atoms with Crippen molar-refractivity contribution in [3.05, 3.63) is 17.5 Å². The Hall–Kier alpha value is -1.89. The smallest absolute Gasteiger partial charge is 0.374 e. The first kappa shape index (κ1) is 12.2. The van der Waals surface area contributed by atoms with Crippen molar-refractivity contribution < 1.29 is 19.2 Å². The fourth-order valence-electron chi connectivity index (χ4n) is 0.967. The largest absolute Gasteiger partial charge is 0.475 e. The van der Waals surface area contributed by atoms with Crippen molar-refractivity contribution in [3.8, 4) is 0 Å². The van der Waals surface area contributed by atoms with E-state index in [0.717, 1.165) is 6.07 Å². The second-order valence-corrected chi connectivity index (χ2v) is 3.44. The van der Waals surface area contributed by atoms with Gasteiger partial charge >= 0.3 is 5.97 Å². The Kier molecular flexibility index (Phi) is 4.01. The van der Waals surface area contributed by atoms with E-state index < -0.39 is 11.9 Å². The highest BCUT2D eigenvalue weighted by Gasteiger charge is 2.15. The zero-order chi connectivity index (χ0) is 12.1. The summed E-state index contributed by atoms with van der Waals surface area (Å²) in [6, 6.07) is 1.09. The zero-order valence-electron chi connectivity index (χ0n) is 9.06. The van der Waals surface area contributed by atoms with E-state index in [9.17, 15) is 9.59 Å². The second kappa shape index (κ2) is 5.26. The molecule has 16 heavy (non-hydrogen) atoms. The second-order valence-electron chi connectivity index (χ2n) is 3.44. The number of amides is 1. The number of likely N-dealkylation sites (N-methyl/N-ethyl adjacent to an activating group) is 1. The van der Waals surface area contributed by atoms with Crippen LogP contribution in [0.4, 0.5) is 0 Å². The van der Waals surface area contributed by atoms with E-state index >= 15 is 0 Å². The van der Waals surface area contributed by atoms with Crippen molar-refractivity contribution >= 4 is 11.9 Å². The molecule has 88 valence electrons. The summed E-state index contributed by atoms with van der Waals surface area (Å²) < 4.78 is 4.45. The fraction of sp³-hybridized carbons (Fsp3) is 0.444. The fourth-order valence-corrected chi connectivity index (χ4v) is 0.967. The molecule has 1 amide bonds. The Morgan fingerprint density at radius 1 is 1.56 bits per heavy atom. The Morgan fingerprint density at radius 3 is 2.75 bits per heavy atom. The van der Waals surface area contributed by atoms with Crippen molar-refractivity contribution in [2.45, 2.75) is 0 Å². The quantitative estimate of drug-likeness (QED) is 0.714. The van der Waals surface area contributed by atoms with Gasteiger partial charge in [0, 0.05) is 19.2 Å². The maximum atomic E-state index is 11.4. The maximum absolute atomic E-state index is 11.4. The molecular weight excluding hydrogens is 214 g/mol. The number of carboxylic acid groups (broad SMARTS) is 1. The number of hydrogen-bond donors (Lipinski definition) is 2. The van der Waals surface area contributed by atoms with Crippen LogP contribution in [0.15, 0.2) is 10.6 Å². The summed E-state index contributed by atoms with van der Waals surface area (Å²) in [6.07, 6.45) is 0. The van der Waals surface area contributed by atoms with Crippen LogP contribution in [0.2, 0.25) is 0 Å². The molecule has 2 N–H and O–H groups in total. The van der Waals surface area contributed by atoms with Gasteiger partial charge in [0.2, 0.25) is 5.76 Å². The molecule has 7 nitrogen and oxygen atoms in total. The van der Waals surface area contributed by atoms with E-state index in [2.05, 4.69) is 15.0 Å². The van der Waals surface area contributed by atoms with Gasteiger partial charge in [0.25, 0.3) is 5.91 Å². The van der Waals surface area contributed by atoms with Crippen LogP contribution in [0.1, 0.15) is 21.0 Å². The molecule has 0 unspecified atom stereocenters. The molecule has 0 saturated heterocycles. The average Bonchev–Trinajstić information content (AvgIpc) is 2.65. The molecule has 0 aromatic carbocycles. The van der Waals surface area contributed by atoms with Crippen molar-refractivity contribution in [2.24, 2.45) is 0 Å². The van der Waals surface area contributed by atoms with E-state index in [1.54, 1.807) is 0 Å². The number of carbonyl (C=O) groups is 2. The van der Waals surface area contributed by atoms with Crippen LogP contribution < -0.4 is 5.32 Å². The first-order chi connectivity index (χ1) is 7.50. The van der Waals surface area contributed by atoms with E-state index in [0.29, 0.717) is 13.1 Å². The Bertz CT molecular complexity index is 386. The highest BCUT2D eigenvalue weighted by molar-refractivity contribution is 5.94. The van der Waals surface area contributed by atoms with E-state index in [1.807, 2.05) is 19.0 Å². The molecule has 0 aliphatic carbocycles. The minimum Gasteiger partial charge on any atom is -0.475 e. The Balaban J connectivity index is 2.50. The number of carbonyl (C=O) groups excluding carboxylic acids is 1. The van der Waals surface area contributed by atoms with Crippen molar-refractivity contribution in [2.75, 3.05) is 27.2 Å². The van der Waals surface area contributed by atoms with Crippen molar-refractivity contribution in [1.29, 1.82) is 0 Å². The summed E-state index contributed by atoms with van der Waals surface area (Å²) in [4.78, 5) is 23.8. The molecule has 7 heteroatoms. The minimum absolute atomic E-state index is 0.0313. The van der Waals surface area contributed by atoms with Crippen LogP contribution in [-0.4, -0.2) is 54.2 Å². The first-order valence-electron chi connectivity index (χ1n) is 4.63. The third-order valence-electron chi connectivity index (χ3n) is 1.80. The SMILES string of the molecule is CN(C)CCNC(=O)c1cc(C(=O)O)on1. The van der Waals surface area contributed by atoms with Crippen LogP contribution >= 0.6 is 0 Å². The molecule has 0 saturated carbocycles. The van der Waals surface area contributed by atoms with Crippen LogP contribution in [0, 0.1) is 0 Å². The van der Waals surface area contributed by atoms with Gasteiger partial charge in [-0.25, -0.2) is 4.79 Å². The highest BCUT2D eigenvalue weighted by Crippen LogP contribution is 2.02. The summed E-state index contributed by atoms with van der Waals surface area (Å²) in [5.74, 6) is -2.05. The first-order valence-corrected chi connectivity index (χ1v) is 4.63. The van der Waals surface area contributed by atoms with Gasteiger partial charge < -0.3 is 19.8 Å². The average molecular weight is 227 g/mol. The van der Waals surface area contributed by atoms with E-state index in [4.69, 9.17) is 5.11 Å². The van der Waals surface area contributed by atoms with E-state index in [-0.39, 0.29) is 11.5 Å². The van der Waals surface area contributed by atoms with Gasteiger partial charge in [0.1, 0.15) is 0 Å². The standard InChI is InChI=1S/C9H13N3O4/c1-12(2)4-3-10-8(13)6-5-7(9(14)15)16-11-6/h5H,3-4H2,1-2H3,(H,10,13)(H,14,15). The third kappa shape index (κ3) is 3.35. The monoisotopic (exact) mass is 227 g/mol. The van der Waals surface area contributed by atoms with Gasteiger partial charge in [-0.05, 0) is 14.1 Å². The lowest BCUT2D eigenvalue weighted by molar-refractivity contribution is 0.0651. The summed E-state index contributed by atoms with van der Waals surface area (Å²) in [7, 11) is 3.76. The molecule has 0 spiro atoms. The minimum atomic E-state index is -1.25. The molecule has 1 aromatic rings. The molecule has 0 aliphatic heterocycles. The molecule has 1 rings (SSSR count). The summed E-state index contributed by atoms with van der Waals surface area (Å²) in [5, 5.41) is 14.5. The normalized spacial score (nSPS) is 10.4. The van der Waals surface area contributed by atoms with Crippen molar-refractivity contribution in [3.63, 3.8) is 0 Å². The number of hydrogen-bond acceptors (Lipinski definition) is 5. The molecule has 0 radical (unpaired) electrons. The van der Waals surface area contributed by atoms with Gasteiger partial charge in [-0.2, -0.15) is 0 Å². The lowest BCUT2D eigenvalue weighted by Gasteiger charge is -2.08. The molecule has 1 heterocycles.